The first-order valence-corrected chi connectivity index (χ1v) is 5.16. The lowest BCUT2D eigenvalue weighted by atomic mass is 9.95. The summed E-state index contributed by atoms with van der Waals surface area (Å²) >= 11 is 12.1. The Labute approximate surface area is 88.0 Å². The number of hydrogen-bond donors (Lipinski definition) is 1. The van der Waals surface area contributed by atoms with Crippen molar-refractivity contribution in [2.75, 3.05) is 6.54 Å². The molecule has 0 radical (unpaired) electrons. The molecule has 1 aliphatic heterocycles. The molecule has 1 aromatic rings. The van der Waals surface area contributed by atoms with Gasteiger partial charge in [-0.15, -0.1) is 0 Å². The van der Waals surface area contributed by atoms with E-state index >= 15 is 0 Å². The molecule has 1 N–H and O–H groups in total. The average Bonchev–Trinajstić information content (AvgIpc) is 2.12. The molecule has 70 valence electrons. The van der Waals surface area contributed by atoms with Crippen molar-refractivity contribution in [3.8, 4) is 0 Å². The van der Waals surface area contributed by atoms with Crippen LogP contribution >= 0.6 is 23.2 Å². The van der Waals surface area contributed by atoms with Crippen LogP contribution in [0.2, 0.25) is 10.0 Å². The van der Waals surface area contributed by atoms with Gasteiger partial charge >= 0.3 is 0 Å². The minimum Gasteiger partial charge on any atom is -0.310 e. The summed E-state index contributed by atoms with van der Waals surface area (Å²) in [6, 6.07) is 4.31. The lowest BCUT2D eigenvalue weighted by Gasteiger charge is -2.24. The summed E-state index contributed by atoms with van der Waals surface area (Å²) in [7, 11) is 0. The Morgan fingerprint density at radius 2 is 2.15 bits per heavy atom. The highest BCUT2D eigenvalue weighted by molar-refractivity contribution is 6.42. The van der Waals surface area contributed by atoms with E-state index in [0.717, 1.165) is 18.0 Å². The number of halogens is 2. The van der Waals surface area contributed by atoms with Gasteiger partial charge < -0.3 is 5.32 Å². The van der Waals surface area contributed by atoms with Gasteiger partial charge in [0.1, 0.15) is 0 Å². The van der Waals surface area contributed by atoms with Gasteiger partial charge in [0.2, 0.25) is 0 Å². The van der Waals surface area contributed by atoms with Crippen LogP contribution in [0.1, 0.15) is 24.1 Å². The molecular formula is C10H11Cl2N. The summed E-state index contributed by atoms with van der Waals surface area (Å²) in [5.74, 6) is 0. The number of benzene rings is 1. The average molecular weight is 216 g/mol. The molecule has 1 atom stereocenters. The van der Waals surface area contributed by atoms with E-state index in [0.29, 0.717) is 11.1 Å². The van der Waals surface area contributed by atoms with Crippen molar-refractivity contribution in [2.24, 2.45) is 0 Å². The molecule has 0 spiro atoms. The van der Waals surface area contributed by atoms with Crippen molar-refractivity contribution in [1.29, 1.82) is 0 Å². The van der Waals surface area contributed by atoms with Crippen LogP contribution in [0.3, 0.4) is 0 Å². The van der Waals surface area contributed by atoms with E-state index in [4.69, 9.17) is 23.2 Å². The quantitative estimate of drug-likeness (QED) is 0.702. The molecule has 3 heteroatoms. The fourth-order valence-corrected chi connectivity index (χ4v) is 2.23. The van der Waals surface area contributed by atoms with Gasteiger partial charge in [-0.05, 0) is 37.1 Å². The predicted octanol–water partition coefficient (Wildman–Crippen LogP) is 3.20. The standard InChI is InChI=1S/C10H11Cl2N/c1-6-7-2-3-9(11)10(12)8(7)4-5-13-6/h2-3,6,13H,4-5H2,1H3. The third-order valence-electron chi connectivity index (χ3n) is 2.52. The molecule has 0 aliphatic carbocycles. The summed E-state index contributed by atoms with van der Waals surface area (Å²) in [6.07, 6.45) is 0.971. The molecule has 1 unspecified atom stereocenters. The van der Waals surface area contributed by atoms with Crippen LogP contribution in [0.25, 0.3) is 0 Å². The van der Waals surface area contributed by atoms with E-state index in [1.807, 2.05) is 6.07 Å². The molecule has 1 aliphatic rings. The van der Waals surface area contributed by atoms with Gasteiger partial charge in [-0.3, -0.25) is 0 Å². The first-order valence-electron chi connectivity index (χ1n) is 4.40. The Bertz CT molecular complexity index is 336. The zero-order chi connectivity index (χ0) is 9.42. The van der Waals surface area contributed by atoms with Crippen LogP contribution in [-0.2, 0) is 6.42 Å². The smallest absolute Gasteiger partial charge is 0.0628 e. The van der Waals surface area contributed by atoms with Crippen molar-refractivity contribution in [2.45, 2.75) is 19.4 Å². The summed E-state index contributed by atoms with van der Waals surface area (Å²) in [4.78, 5) is 0. The Kier molecular flexibility index (Phi) is 2.50. The Balaban J connectivity index is 2.56. The number of hydrogen-bond acceptors (Lipinski definition) is 1. The third kappa shape index (κ3) is 1.56. The number of nitrogens with one attached hydrogen (secondary N) is 1. The van der Waals surface area contributed by atoms with Crippen LogP contribution in [0.15, 0.2) is 12.1 Å². The maximum atomic E-state index is 6.12. The normalized spacial score (nSPS) is 21.3. The van der Waals surface area contributed by atoms with Crippen molar-refractivity contribution in [3.05, 3.63) is 33.3 Å². The van der Waals surface area contributed by atoms with E-state index in [1.54, 1.807) is 0 Å². The molecule has 0 saturated heterocycles. The van der Waals surface area contributed by atoms with E-state index in [-0.39, 0.29) is 0 Å². The fourth-order valence-electron chi connectivity index (χ4n) is 1.79. The van der Waals surface area contributed by atoms with Crippen molar-refractivity contribution in [3.63, 3.8) is 0 Å². The van der Waals surface area contributed by atoms with Crippen LogP contribution in [-0.4, -0.2) is 6.54 Å². The molecule has 2 rings (SSSR count). The third-order valence-corrected chi connectivity index (χ3v) is 3.37. The van der Waals surface area contributed by atoms with Gasteiger partial charge in [-0.1, -0.05) is 29.3 Å². The minimum absolute atomic E-state index is 0.388. The minimum atomic E-state index is 0.388. The van der Waals surface area contributed by atoms with E-state index in [1.165, 1.54) is 11.1 Å². The number of rotatable bonds is 0. The van der Waals surface area contributed by atoms with Gasteiger partial charge in [0, 0.05) is 6.04 Å². The highest BCUT2D eigenvalue weighted by Crippen LogP contribution is 2.33. The van der Waals surface area contributed by atoms with Crippen molar-refractivity contribution in [1.82, 2.24) is 5.32 Å². The zero-order valence-electron chi connectivity index (χ0n) is 7.40. The highest BCUT2D eigenvalue weighted by atomic mass is 35.5. The first-order chi connectivity index (χ1) is 6.20. The molecule has 1 aromatic carbocycles. The van der Waals surface area contributed by atoms with Crippen LogP contribution in [0.5, 0.6) is 0 Å². The maximum Gasteiger partial charge on any atom is 0.0628 e. The Morgan fingerprint density at radius 3 is 2.92 bits per heavy atom. The monoisotopic (exact) mass is 215 g/mol. The van der Waals surface area contributed by atoms with Gasteiger partial charge in [0.05, 0.1) is 10.0 Å². The summed E-state index contributed by atoms with van der Waals surface area (Å²) in [6.45, 7) is 3.12. The van der Waals surface area contributed by atoms with Gasteiger partial charge in [-0.2, -0.15) is 0 Å². The van der Waals surface area contributed by atoms with Gasteiger partial charge in [-0.25, -0.2) is 0 Å². The number of fused-ring (bicyclic) bond motifs is 1. The molecule has 0 bridgehead atoms. The molecular weight excluding hydrogens is 205 g/mol. The fraction of sp³-hybridized carbons (Fsp3) is 0.400. The van der Waals surface area contributed by atoms with Gasteiger partial charge in [0.15, 0.2) is 0 Å². The SMILES string of the molecule is CC1NCCc2c1ccc(Cl)c2Cl. The Hall–Kier alpha value is -0.240. The second kappa shape index (κ2) is 3.49. The summed E-state index contributed by atoms with van der Waals surface area (Å²) in [5, 5.41) is 4.77. The second-order valence-corrected chi connectivity index (χ2v) is 4.14. The van der Waals surface area contributed by atoms with Crippen LogP contribution in [0.4, 0.5) is 0 Å². The lowest BCUT2D eigenvalue weighted by Crippen LogP contribution is -2.27. The predicted molar refractivity (Wildman–Crippen MR) is 56.6 cm³/mol. The van der Waals surface area contributed by atoms with E-state index < -0.39 is 0 Å². The zero-order valence-corrected chi connectivity index (χ0v) is 8.91. The topological polar surface area (TPSA) is 12.0 Å². The van der Waals surface area contributed by atoms with Crippen molar-refractivity contribution >= 4 is 23.2 Å². The molecule has 1 heterocycles. The summed E-state index contributed by atoms with van der Waals surface area (Å²) in [5.41, 5.74) is 2.49. The van der Waals surface area contributed by atoms with Crippen molar-refractivity contribution < 1.29 is 0 Å². The lowest BCUT2D eigenvalue weighted by molar-refractivity contribution is 0.541. The highest BCUT2D eigenvalue weighted by Gasteiger charge is 2.18. The second-order valence-electron chi connectivity index (χ2n) is 3.35. The van der Waals surface area contributed by atoms with E-state index in [9.17, 15) is 0 Å². The van der Waals surface area contributed by atoms with Crippen LogP contribution < -0.4 is 5.32 Å². The molecule has 13 heavy (non-hydrogen) atoms. The summed E-state index contributed by atoms with van der Waals surface area (Å²) < 4.78 is 0. The molecule has 0 amide bonds. The van der Waals surface area contributed by atoms with Crippen LogP contribution in [0, 0.1) is 0 Å². The molecule has 0 aromatic heterocycles. The first kappa shape index (κ1) is 9.32. The molecule has 1 nitrogen and oxygen atoms in total. The largest absolute Gasteiger partial charge is 0.310 e. The maximum absolute atomic E-state index is 6.12. The van der Waals surface area contributed by atoms with Gasteiger partial charge in [0.25, 0.3) is 0 Å². The molecule has 0 fully saturated rings. The van der Waals surface area contributed by atoms with E-state index in [2.05, 4.69) is 18.3 Å². The molecule has 0 saturated carbocycles. The Morgan fingerprint density at radius 1 is 1.38 bits per heavy atom.